The fourth-order valence-corrected chi connectivity index (χ4v) is 2.88. The number of ether oxygens (including phenoxy) is 2. The van der Waals surface area contributed by atoms with Crippen molar-refractivity contribution >= 4 is 0 Å². The van der Waals surface area contributed by atoms with Crippen LogP contribution < -0.4 is 15.2 Å². The molecule has 1 heterocycles. The van der Waals surface area contributed by atoms with Gasteiger partial charge in [0.15, 0.2) is 0 Å². The molecule has 1 aliphatic rings. The van der Waals surface area contributed by atoms with Gasteiger partial charge >= 0.3 is 0 Å². The zero-order valence-electron chi connectivity index (χ0n) is 12.3. The summed E-state index contributed by atoms with van der Waals surface area (Å²) in [6.45, 7) is 3.29. The number of rotatable bonds is 4. The van der Waals surface area contributed by atoms with Crippen molar-refractivity contribution in [3.63, 3.8) is 0 Å². The topological polar surface area (TPSA) is 44.5 Å². The first-order chi connectivity index (χ1) is 10.3. The van der Waals surface area contributed by atoms with Crippen molar-refractivity contribution in [2.24, 2.45) is 11.7 Å². The smallest absolute Gasteiger partial charge is 0.124 e. The van der Waals surface area contributed by atoms with Gasteiger partial charge in [-0.25, -0.2) is 0 Å². The van der Waals surface area contributed by atoms with Crippen LogP contribution in [0.3, 0.4) is 0 Å². The van der Waals surface area contributed by atoms with E-state index in [0.29, 0.717) is 13.2 Å². The van der Waals surface area contributed by atoms with Crippen LogP contribution in [-0.2, 0) is 6.42 Å². The van der Waals surface area contributed by atoms with Gasteiger partial charge in [0.2, 0.25) is 0 Å². The Hall–Kier alpha value is -2.00. The second-order valence-electron chi connectivity index (χ2n) is 5.38. The van der Waals surface area contributed by atoms with Crippen LogP contribution in [0.2, 0.25) is 0 Å². The molecule has 1 aliphatic heterocycles. The van der Waals surface area contributed by atoms with Gasteiger partial charge in [-0.05, 0) is 31.0 Å². The standard InChI is InChI=1S/C18H21NO2/c1-2-20-17-10-6-4-8-15(17)18(19)14-11-13-7-3-5-9-16(13)21-12-14/h3-10,14,18H,2,11-12,19H2,1H3. The van der Waals surface area contributed by atoms with Crippen LogP contribution >= 0.6 is 0 Å². The highest BCUT2D eigenvalue weighted by Gasteiger charge is 2.27. The molecule has 3 rings (SSSR count). The molecule has 2 N–H and O–H groups in total. The Bertz CT molecular complexity index is 612. The number of nitrogens with two attached hydrogens (primary N) is 1. The number of benzene rings is 2. The van der Waals surface area contributed by atoms with Crippen molar-refractivity contribution in [3.8, 4) is 11.5 Å². The zero-order chi connectivity index (χ0) is 14.7. The molecule has 0 saturated carbocycles. The maximum atomic E-state index is 6.50. The SMILES string of the molecule is CCOc1ccccc1C(N)C1COc2ccccc2C1. The number of para-hydroxylation sites is 2. The van der Waals surface area contributed by atoms with Crippen LogP contribution in [-0.4, -0.2) is 13.2 Å². The summed E-state index contributed by atoms with van der Waals surface area (Å²) in [7, 11) is 0. The van der Waals surface area contributed by atoms with Gasteiger partial charge in [0, 0.05) is 17.5 Å². The van der Waals surface area contributed by atoms with Crippen LogP contribution in [0.4, 0.5) is 0 Å². The lowest BCUT2D eigenvalue weighted by Gasteiger charge is -2.30. The van der Waals surface area contributed by atoms with Crippen LogP contribution in [0, 0.1) is 5.92 Å². The van der Waals surface area contributed by atoms with Gasteiger partial charge in [-0.1, -0.05) is 36.4 Å². The van der Waals surface area contributed by atoms with Crippen molar-refractivity contribution in [1.82, 2.24) is 0 Å². The lowest BCUT2D eigenvalue weighted by molar-refractivity contribution is 0.198. The quantitative estimate of drug-likeness (QED) is 0.936. The van der Waals surface area contributed by atoms with Gasteiger partial charge in [-0.3, -0.25) is 0 Å². The summed E-state index contributed by atoms with van der Waals surface area (Å²) in [5, 5.41) is 0. The Labute approximate surface area is 125 Å². The van der Waals surface area contributed by atoms with Crippen LogP contribution in [0.15, 0.2) is 48.5 Å². The molecular formula is C18H21NO2. The molecule has 0 radical (unpaired) electrons. The highest BCUT2D eigenvalue weighted by atomic mass is 16.5. The molecule has 0 aliphatic carbocycles. The Balaban J connectivity index is 1.82. The average Bonchev–Trinajstić information content (AvgIpc) is 2.54. The molecular weight excluding hydrogens is 262 g/mol. The van der Waals surface area contributed by atoms with Crippen molar-refractivity contribution in [2.45, 2.75) is 19.4 Å². The molecule has 3 heteroatoms. The fourth-order valence-electron chi connectivity index (χ4n) is 2.88. The molecule has 0 amide bonds. The minimum Gasteiger partial charge on any atom is -0.494 e. The summed E-state index contributed by atoms with van der Waals surface area (Å²) in [6, 6.07) is 16.1. The summed E-state index contributed by atoms with van der Waals surface area (Å²) in [4.78, 5) is 0. The molecule has 2 unspecified atom stereocenters. The molecule has 0 spiro atoms. The Morgan fingerprint density at radius 2 is 1.95 bits per heavy atom. The highest BCUT2D eigenvalue weighted by molar-refractivity contribution is 5.39. The Morgan fingerprint density at radius 1 is 1.19 bits per heavy atom. The third-order valence-corrected chi connectivity index (χ3v) is 3.99. The number of fused-ring (bicyclic) bond motifs is 1. The third-order valence-electron chi connectivity index (χ3n) is 3.99. The van der Waals surface area contributed by atoms with E-state index in [2.05, 4.69) is 12.1 Å². The van der Waals surface area contributed by atoms with Crippen LogP contribution in [0.1, 0.15) is 24.1 Å². The van der Waals surface area contributed by atoms with Crippen molar-refractivity contribution in [1.29, 1.82) is 0 Å². The van der Waals surface area contributed by atoms with E-state index in [1.54, 1.807) is 0 Å². The molecule has 3 nitrogen and oxygen atoms in total. The number of hydrogen-bond donors (Lipinski definition) is 1. The minimum atomic E-state index is -0.0823. The van der Waals surface area contributed by atoms with Crippen molar-refractivity contribution in [2.75, 3.05) is 13.2 Å². The van der Waals surface area contributed by atoms with Crippen molar-refractivity contribution < 1.29 is 9.47 Å². The maximum Gasteiger partial charge on any atom is 0.124 e. The summed E-state index contributed by atoms with van der Waals surface area (Å²) in [5.41, 5.74) is 8.79. The van der Waals surface area contributed by atoms with E-state index < -0.39 is 0 Å². The first-order valence-electron chi connectivity index (χ1n) is 7.47. The van der Waals surface area contributed by atoms with Crippen molar-refractivity contribution in [3.05, 3.63) is 59.7 Å². The fraction of sp³-hybridized carbons (Fsp3) is 0.333. The van der Waals surface area contributed by atoms with E-state index in [9.17, 15) is 0 Å². The molecule has 0 aromatic heterocycles. The molecule has 0 bridgehead atoms. The molecule has 2 aromatic carbocycles. The minimum absolute atomic E-state index is 0.0823. The zero-order valence-corrected chi connectivity index (χ0v) is 12.3. The maximum absolute atomic E-state index is 6.50. The van der Waals surface area contributed by atoms with Gasteiger partial charge in [0.1, 0.15) is 11.5 Å². The van der Waals surface area contributed by atoms with E-state index in [-0.39, 0.29) is 12.0 Å². The predicted octanol–water partition coefficient (Wildman–Crippen LogP) is 3.34. The average molecular weight is 283 g/mol. The van der Waals surface area contributed by atoms with E-state index in [4.69, 9.17) is 15.2 Å². The predicted molar refractivity (Wildman–Crippen MR) is 83.7 cm³/mol. The molecule has 0 fully saturated rings. The van der Waals surface area contributed by atoms with Crippen LogP contribution in [0.25, 0.3) is 0 Å². The van der Waals surface area contributed by atoms with E-state index in [1.807, 2.05) is 43.3 Å². The summed E-state index contributed by atoms with van der Waals surface area (Å²) >= 11 is 0. The molecule has 2 aromatic rings. The van der Waals surface area contributed by atoms with Gasteiger partial charge in [-0.2, -0.15) is 0 Å². The first kappa shape index (κ1) is 14.0. The van der Waals surface area contributed by atoms with Crippen LogP contribution in [0.5, 0.6) is 11.5 Å². The monoisotopic (exact) mass is 283 g/mol. The lowest BCUT2D eigenvalue weighted by atomic mass is 9.87. The highest BCUT2D eigenvalue weighted by Crippen LogP contribution is 2.35. The van der Waals surface area contributed by atoms with Gasteiger partial charge < -0.3 is 15.2 Å². The van der Waals surface area contributed by atoms with Gasteiger partial charge in [-0.15, -0.1) is 0 Å². The van der Waals surface area contributed by atoms with Gasteiger partial charge in [0.25, 0.3) is 0 Å². The summed E-state index contributed by atoms with van der Waals surface area (Å²) in [6.07, 6.45) is 0.942. The van der Waals surface area contributed by atoms with E-state index in [0.717, 1.165) is 23.5 Å². The number of hydrogen-bond acceptors (Lipinski definition) is 3. The first-order valence-corrected chi connectivity index (χ1v) is 7.47. The van der Waals surface area contributed by atoms with Gasteiger partial charge in [0.05, 0.1) is 13.2 Å². The second kappa shape index (κ2) is 6.19. The normalized spacial score (nSPS) is 18.5. The Morgan fingerprint density at radius 3 is 2.81 bits per heavy atom. The lowest BCUT2D eigenvalue weighted by Crippen LogP contribution is -2.31. The molecule has 21 heavy (non-hydrogen) atoms. The summed E-state index contributed by atoms with van der Waals surface area (Å²) < 4.78 is 11.6. The summed E-state index contributed by atoms with van der Waals surface area (Å²) in [5.74, 6) is 2.13. The molecule has 0 saturated heterocycles. The second-order valence-corrected chi connectivity index (χ2v) is 5.38. The van der Waals surface area contributed by atoms with E-state index in [1.165, 1.54) is 5.56 Å². The third kappa shape index (κ3) is 2.88. The Kier molecular flexibility index (Phi) is 4.11. The largest absolute Gasteiger partial charge is 0.494 e. The van der Waals surface area contributed by atoms with E-state index >= 15 is 0 Å². The molecule has 2 atom stereocenters. The molecule has 110 valence electrons.